The van der Waals surface area contributed by atoms with Gasteiger partial charge in [-0.3, -0.25) is 4.79 Å². The standard InChI is InChI=1S/C17H26O3/c1-10(2)13-6-4-11(3)8-16(13)20-17(18)14-9-12-5-7-15(14)19-12/h5,7,10-16H,4,6,8-9H2,1-3H3/t11-,12-,13+,14-,15+,16-/m1/s1. The Hall–Kier alpha value is -0.830. The van der Waals surface area contributed by atoms with Gasteiger partial charge in [0, 0.05) is 0 Å². The van der Waals surface area contributed by atoms with Crippen LogP contribution in [-0.4, -0.2) is 24.3 Å². The van der Waals surface area contributed by atoms with Crippen molar-refractivity contribution in [2.75, 3.05) is 0 Å². The molecule has 1 saturated carbocycles. The Balaban J connectivity index is 1.63. The lowest BCUT2D eigenvalue weighted by molar-refractivity contribution is -0.162. The quantitative estimate of drug-likeness (QED) is 0.587. The first kappa shape index (κ1) is 14.1. The third kappa shape index (κ3) is 2.65. The molecule has 0 aromatic rings. The van der Waals surface area contributed by atoms with E-state index in [1.807, 2.05) is 6.08 Å². The van der Waals surface area contributed by atoms with Gasteiger partial charge in [-0.2, -0.15) is 0 Å². The summed E-state index contributed by atoms with van der Waals surface area (Å²) in [6, 6.07) is 0. The monoisotopic (exact) mass is 278 g/mol. The Labute approximate surface area is 121 Å². The minimum Gasteiger partial charge on any atom is -0.462 e. The number of carbonyl (C=O) groups excluding carboxylic acids is 1. The highest BCUT2D eigenvalue weighted by Gasteiger charge is 2.43. The van der Waals surface area contributed by atoms with Crippen LogP contribution in [0.4, 0.5) is 0 Å². The van der Waals surface area contributed by atoms with Crippen molar-refractivity contribution in [1.82, 2.24) is 0 Å². The van der Waals surface area contributed by atoms with Gasteiger partial charge in [-0.05, 0) is 37.0 Å². The average Bonchev–Trinajstić information content (AvgIpc) is 3.00. The molecule has 0 radical (unpaired) electrons. The van der Waals surface area contributed by atoms with E-state index in [1.165, 1.54) is 12.8 Å². The van der Waals surface area contributed by atoms with E-state index in [9.17, 15) is 4.79 Å². The van der Waals surface area contributed by atoms with E-state index in [1.54, 1.807) is 0 Å². The van der Waals surface area contributed by atoms with E-state index in [4.69, 9.17) is 9.47 Å². The molecule has 112 valence electrons. The summed E-state index contributed by atoms with van der Waals surface area (Å²) in [5.41, 5.74) is 0. The van der Waals surface area contributed by atoms with Crippen molar-refractivity contribution in [2.45, 2.75) is 64.8 Å². The van der Waals surface area contributed by atoms with Crippen LogP contribution in [0, 0.1) is 23.7 Å². The summed E-state index contributed by atoms with van der Waals surface area (Å²) in [7, 11) is 0. The average molecular weight is 278 g/mol. The van der Waals surface area contributed by atoms with Crippen LogP contribution in [0.25, 0.3) is 0 Å². The Kier molecular flexibility index (Phi) is 3.89. The second-order valence-electron chi connectivity index (χ2n) is 7.17. The lowest BCUT2D eigenvalue weighted by Crippen LogP contribution is -2.38. The molecule has 2 heterocycles. The fourth-order valence-corrected chi connectivity index (χ4v) is 3.99. The molecule has 3 rings (SSSR count). The number of esters is 1. The number of fused-ring (bicyclic) bond motifs is 2. The molecule has 3 heteroatoms. The summed E-state index contributed by atoms with van der Waals surface area (Å²) in [5.74, 6) is 1.65. The van der Waals surface area contributed by atoms with Crippen LogP contribution in [-0.2, 0) is 14.3 Å². The first-order valence-electron chi connectivity index (χ1n) is 8.09. The molecule has 2 fully saturated rings. The van der Waals surface area contributed by atoms with E-state index in [2.05, 4.69) is 26.8 Å². The second-order valence-corrected chi connectivity index (χ2v) is 7.17. The maximum atomic E-state index is 12.4. The van der Waals surface area contributed by atoms with Crippen LogP contribution in [0.1, 0.15) is 46.5 Å². The molecule has 20 heavy (non-hydrogen) atoms. The lowest BCUT2D eigenvalue weighted by Gasteiger charge is -2.37. The zero-order valence-corrected chi connectivity index (χ0v) is 12.7. The summed E-state index contributed by atoms with van der Waals surface area (Å²) in [5, 5.41) is 0. The lowest BCUT2D eigenvalue weighted by atomic mass is 9.75. The topological polar surface area (TPSA) is 35.5 Å². The van der Waals surface area contributed by atoms with Crippen LogP contribution in [0.3, 0.4) is 0 Å². The van der Waals surface area contributed by atoms with Gasteiger partial charge in [0.25, 0.3) is 0 Å². The van der Waals surface area contributed by atoms with E-state index in [0.29, 0.717) is 17.8 Å². The Morgan fingerprint density at radius 3 is 2.65 bits per heavy atom. The van der Waals surface area contributed by atoms with Crippen LogP contribution in [0.15, 0.2) is 12.2 Å². The van der Waals surface area contributed by atoms with Gasteiger partial charge in [0.1, 0.15) is 6.10 Å². The van der Waals surface area contributed by atoms with Crippen molar-refractivity contribution in [3.63, 3.8) is 0 Å². The maximum absolute atomic E-state index is 12.4. The van der Waals surface area contributed by atoms with Crippen molar-refractivity contribution >= 4 is 5.97 Å². The first-order chi connectivity index (χ1) is 9.54. The summed E-state index contributed by atoms with van der Waals surface area (Å²) in [4.78, 5) is 12.4. The largest absolute Gasteiger partial charge is 0.462 e. The molecule has 2 bridgehead atoms. The van der Waals surface area contributed by atoms with Crippen molar-refractivity contribution in [2.24, 2.45) is 23.7 Å². The van der Waals surface area contributed by atoms with Crippen LogP contribution < -0.4 is 0 Å². The van der Waals surface area contributed by atoms with Gasteiger partial charge in [0.05, 0.1) is 18.1 Å². The highest BCUT2D eigenvalue weighted by Crippen LogP contribution is 2.38. The molecule has 0 spiro atoms. The number of hydrogen-bond donors (Lipinski definition) is 0. The third-order valence-electron chi connectivity index (χ3n) is 5.26. The van der Waals surface area contributed by atoms with Crippen LogP contribution in [0.5, 0.6) is 0 Å². The van der Waals surface area contributed by atoms with Crippen molar-refractivity contribution in [1.29, 1.82) is 0 Å². The Bertz CT molecular complexity index is 401. The first-order valence-corrected chi connectivity index (χ1v) is 8.09. The minimum atomic E-state index is -0.0740. The number of hydrogen-bond acceptors (Lipinski definition) is 3. The van der Waals surface area contributed by atoms with Gasteiger partial charge in [-0.25, -0.2) is 0 Å². The van der Waals surface area contributed by atoms with Gasteiger partial charge >= 0.3 is 5.97 Å². The van der Waals surface area contributed by atoms with Gasteiger partial charge in [0.15, 0.2) is 0 Å². The molecule has 3 aliphatic rings. The normalized spacial score (nSPS) is 43.2. The highest BCUT2D eigenvalue weighted by atomic mass is 16.6. The van der Waals surface area contributed by atoms with Gasteiger partial charge in [-0.15, -0.1) is 0 Å². The Morgan fingerprint density at radius 2 is 2.05 bits per heavy atom. The molecule has 1 aliphatic carbocycles. The molecule has 2 aliphatic heterocycles. The summed E-state index contributed by atoms with van der Waals surface area (Å²) < 4.78 is 11.6. The maximum Gasteiger partial charge on any atom is 0.312 e. The molecule has 1 saturated heterocycles. The fraction of sp³-hybridized carbons (Fsp3) is 0.824. The van der Waals surface area contributed by atoms with Crippen LogP contribution >= 0.6 is 0 Å². The summed E-state index contributed by atoms with van der Waals surface area (Å²) >= 11 is 0. The van der Waals surface area contributed by atoms with E-state index < -0.39 is 0 Å². The molecule has 3 nitrogen and oxygen atoms in total. The molecule has 0 amide bonds. The molecular weight excluding hydrogens is 252 g/mol. The predicted octanol–water partition coefficient (Wildman–Crippen LogP) is 3.33. The van der Waals surface area contributed by atoms with Gasteiger partial charge < -0.3 is 9.47 Å². The Morgan fingerprint density at radius 1 is 1.25 bits per heavy atom. The summed E-state index contributed by atoms with van der Waals surface area (Å²) in [6.45, 7) is 6.75. The third-order valence-corrected chi connectivity index (χ3v) is 5.26. The minimum absolute atomic E-state index is 0.0356. The predicted molar refractivity (Wildman–Crippen MR) is 77.1 cm³/mol. The van der Waals surface area contributed by atoms with E-state index in [0.717, 1.165) is 12.8 Å². The number of carbonyl (C=O) groups is 1. The zero-order valence-electron chi connectivity index (χ0n) is 12.7. The molecule has 0 aromatic heterocycles. The van der Waals surface area contributed by atoms with Crippen LogP contribution in [0.2, 0.25) is 0 Å². The number of ether oxygens (including phenoxy) is 2. The zero-order chi connectivity index (χ0) is 14.3. The smallest absolute Gasteiger partial charge is 0.312 e. The molecule has 0 aromatic carbocycles. The number of rotatable bonds is 3. The molecule has 0 N–H and O–H groups in total. The highest BCUT2D eigenvalue weighted by molar-refractivity contribution is 5.74. The second kappa shape index (κ2) is 5.51. The molecular formula is C17H26O3. The van der Waals surface area contributed by atoms with E-state index >= 15 is 0 Å². The van der Waals surface area contributed by atoms with Crippen molar-refractivity contribution in [3.05, 3.63) is 12.2 Å². The van der Waals surface area contributed by atoms with Gasteiger partial charge in [0.2, 0.25) is 0 Å². The summed E-state index contributed by atoms with van der Waals surface area (Å²) in [6.07, 6.45) is 8.56. The van der Waals surface area contributed by atoms with E-state index in [-0.39, 0.29) is 30.2 Å². The van der Waals surface area contributed by atoms with Crippen molar-refractivity contribution in [3.8, 4) is 0 Å². The molecule has 0 unspecified atom stereocenters. The van der Waals surface area contributed by atoms with Crippen molar-refractivity contribution < 1.29 is 14.3 Å². The fourth-order valence-electron chi connectivity index (χ4n) is 3.99. The SMILES string of the molecule is CC(C)[C@@H]1CC[C@@H](C)C[C@H]1OC(=O)[C@@H]1C[C@H]2C=C[C@@H]1O2. The van der Waals surface area contributed by atoms with Gasteiger partial charge in [-0.1, -0.05) is 39.3 Å². The molecule has 6 atom stereocenters.